The van der Waals surface area contributed by atoms with E-state index >= 15 is 0 Å². The minimum atomic E-state index is -0.392. The van der Waals surface area contributed by atoms with Gasteiger partial charge in [-0.25, -0.2) is 0 Å². The fourth-order valence-corrected chi connectivity index (χ4v) is 2.11. The van der Waals surface area contributed by atoms with E-state index in [4.69, 9.17) is 10.00 Å². The van der Waals surface area contributed by atoms with Crippen LogP contribution in [0.15, 0.2) is 36.5 Å². The molecule has 1 heterocycles. The highest BCUT2D eigenvalue weighted by Crippen LogP contribution is 2.39. The fourth-order valence-electron chi connectivity index (χ4n) is 2.11. The second-order valence-electron chi connectivity index (χ2n) is 4.00. The number of hydrogen-bond donors (Lipinski definition) is 0. The maximum absolute atomic E-state index is 8.61. The Morgan fingerprint density at radius 1 is 1.50 bits per heavy atom. The number of rotatable bonds is 2. The van der Waals surface area contributed by atoms with E-state index in [0.717, 1.165) is 12.1 Å². The van der Waals surface area contributed by atoms with Crippen molar-refractivity contribution in [2.75, 3.05) is 12.0 Å². The van der Waals surface area contributed by atoms with E-state index in [1.807, 2.05) is 36.1 Å². The zero-order valence-corrected chi connectivity index (χ0v) is 9.47. The van der Waals surface area contributed by atoms with E-state index in [1.165, 1.54) is 11.6 Å². The predicted molar refractivity (Wildman–Crippen MR) is 62.8 cm³/mol. The molecule has 0 radical (unpaired) electrons. The Bertz CT molecular complexity index is 461. The number of nitriles is 1. The molecule has 0 N–H and O–H groups in total. The molecule has 0 bridgehead atoms. The third-order valence-electron chi connectivity index (χ3n) is 3.02. The van der Waals surface area contributed by atoms with Crippen molar-refractivity contribution in [3.05, 3.63) is 42.1 Å². The normalized spacial score (nSPS) is 23.4. The summed E-state index contributed by atoms with van der Waals surface area (Å²) in [5.74, 6) is 0. The molecular formula is C13H14N2O. The van der Waals surface area contributed by atoms with E-state index in [9.17, 15) is 0 Å². The molecule has 16 heavy (non-hydrogen) atoms. The van der Waals surface area contributed by atoms with Gasteiger partial charge in [0.2, 0.25) is 0 Å². The Balaban J connectivity index is 2.45. The number of benzene rings is 1. The smallest absolute Gasteiger partial charge is 0.145 e. The maximum Gasteiger partial charge on any atom is 0.145 e. The van der Waals surface area contributed by atoms with E-state index in [0.29, 0.717) is 0 Å². The average Bonchev–Trinajstić information content (AvgIpc) is 2.59. The first kappa shape index (κ1) is 10.7. The molecule has 1 aliphatic heterocycles. The van der Waals surface area contributed by atoms with Crippen LogP contribution in [0.5, 0.6) is 0 Å². The monoisotopic (exact) mass is 214 g/mol. The molecular weight excluding hydrogens is 200 g/mol. The van der Waals surface area contributed by atoms with Gasteiger partial charge in [-0.15, -0.1) is 0 Å². The highest BCUT2D eigenvalue weighted by atomic mass is 16.5. The van der Waals surface area contributed by atoms with Crippen LogP contribution in [0.1, 0.15) is 12.5 Å². The maximum atomic E-state index is 8.61. The first-order chi connectivity index (χ1) is 7.71. The van der Waals surface area contributed by atoms with Gasteiger partial charge in [0.15, 0.2) is 0 Å². The average molecular weight is 214 g/mol. The summed E-state index contributed by atoms with van der Waals surface area (Å²) < 4.78 is 5.56. The minimum absolute atomic E-state index is 0.392. The van der Waals surface area contributed by atoms with Crippen molar-refractivity contribution < 1.29 is 4.74 Å². The van der Waals surface area contributed by atoms with Crippen LogP contribution in [-0.4, -0.2) is 12.8 Å². The van der Waals surface area contributed by atoms with Crippen LogP contribution in [0, 0.1) is 11.3 Å². The van der Waals surface area contributed by atoms with Crippen LogP contribution in [0.4, 0.5) is 5.69 Å². The Morgan fingerprint density at radius 3 is 2.94 bits per heavy atom. The largest absolute Gasteiger partial charge is 0.358 e. The summed E-state index contributed by atoms with van der Waals surface area (Å²) in [6.07, 6.45) is 4.07. The number of anilines is 1. The third-order valence-corrected chi connectivity index (χ3v) is 3.02. The Kier molecular flexibility index (Phi) is 2.67. The molecule has 0 aromatic heterocycles. The van der Waals surface area contributed by atoms with Crippen LogP contribution in [-0.2, 0) is 11.2 Å². The van der Waals surface area contributed by atoms with Gasteiger partial charge < -0.3 is 9.64 Å². The van der Waals surface area contributed by atoms with Gasteiger partial charge >= 0.3 is 0 Å². The van der Waals surface area contributed by atoms with Crippen LogP contribution in [0.2, 0.25) is 0 Å². The Morgan fingerprint density at radius 2 is 2.25 bits per heavy atom. The number of hydrogen-bond acceptors (Lipinski definition) is 3. The van der Waals surface area contributed by atoms with Crippen molar-refractivity contribution in [3.8, 4) is 6.07 Å². The lowest BCUT2D eigenvalue weighted by atomic mass is 10.1. The number of allylic oxidation sites excluding steroid dienone is 1. The minimum Gasteiger partial charge on any atom is -0.358 e. The van der Waals surface area contributed by atoms with Crippen molar-refractivity contribution in [2.45, 2.75) is 19.1 Å². The summed E-state index contributed by atoms with van der Waals surface area (Å²) in [6, 6.07) is 10.2. The van der Waals surface area contributed by atoms with E-state index in [1.54, 1.807) is 13.3 Å². The molecule has 3 heteroatoms. The first-order valence-electron chi connectivity index (χ1n) is 5.20. The van der Waals surface area contributed by atoms with Crippen LogP contribution in [0.3, 0.4) is 0 Å². The SMILES string of the molecule is COC1(C)Cc2ccccc2N1/C=C/C#N. The van der Waals surface area contributed by atoms with Crippen molar-refractivity contribution in [2.24, 2.45) is 0 Å². The first-order valence-corrected chi connectivity index (χ1v) is 5.20. The molecule has 1 unspecified atom stereocenters. The van der Waals surface area contributed by atoms with Crippen molar-refractivity contribution in [1.82, 2.24) is 0 Å². The third kappa shape index (κ3) is 1.58. The predicted octanol–water partition coefficient (Wildman–Crippen LogP) is 2.45. The van der Waals surface area contributed by atoms with Gasteiger partial charge in [0.25, 0.3) is 0 Å². The summed E-state index contributed by atoms with van der Waals surface area (Å²) in [7, 11) is 1.69. The van der Waals surface area contributed by atoms with Crippen molar-refractivity contribution >= 4 is 5.69 Å². The summed E-state index contributed by atoms with van der Waals surface area (Å²) in [5.41, 5.74) is 1.96. The number of ether oxygens (including phenoxy) is 1. The molecule has 0 aliphatic carbocycles. The molecule has 1 aromatic carbocycles. The van der Waals surface area contributed by atoms with Crippen molar-refractivity contribution in [3.63, 3.8) is 0 Å². The van der Waals surface area contributed by atoms with Gasteiger partial charge in [0.1, 0.15) is 5.72 Å². The van der Waals surface area contributed by atoms with Gasteiger partial charge in [0, 0.05) is 31.5 Å². The molecule has 1 aromatic rings. The summed E-state index contributed by atoms with van der Waals surface area (Å²) in [6.45, 7) is 2.02. The molecule has 0 saturated heterocycles. The second kappa shape index (κ2) is 3.99. The van der Waals surface area contributed by atoms with E-state index < -0.39 is 5.72 Å². The van der Waals surface area contributed by atoms with E-state index in [2.05, 4.69) is 6.07 Å². The lowest BCUT2D eigenvalue weighted by Crippen LogP contribution is -2.42. The number of nitrogens with zero attached hydrogens (tertiary/aromatic N) is 2. The molecule has 3 nitrogen and oxygen atoms in total. The highest BCUT2D eigenvalue weighted by molar-refractivity contribution is 5.62. The summed E-state index contributed by atoms with van der Waals surface area (Å²) in [4.78, 5) is 2.01. The zero-order chi connectivity index (χ0) is 11.6. The number of fused-ring (bicyclic) bond motifs is 1. The van der Waals surface area contributed by atoms with Crippen LogP contribution >= 0.6 is 0 Å². The molecule has 2 rings (SSSR count). The molecule has 0 amide bonds. The van der Waals surface area contributed by atoms with Crippen LogP contribution in [0.25, 0.3) is 0 Å². The van der Waals surface area contributed by atoms with Gasteiger partial charge in [-0.2, -0.15) is 5.26 Å². The van der Waals surface area contributed by atoms with Crippen molar-refractivity contribution in [1.29, 1.82) is 5.26 Å². The molecule has 1 aliphatic rings. The van der Waals surface area contributed by atoms with Gasteiger partial charge in [-0.3, -0.25) is 0 Å². The number of methoxy groups -OCH3 is 1. The fraction of sp³-hybridized carbons (Fsp3) is 0.308. The van der Waals surface area contributed by atoms with E-state index in [-0.39, 0.29) is 0 Å². The lowest BCUT2D eigenvalue weighted by molar-refractivity contribution is 0.0185. The van der Waals surface area contributed by atoms with Gasteiger partial charge in [-0.1, -0.05) is 18.2 Å². The zero-order valence-electron chi connectivity index (χ0n) is 9.47. The Labute approximate surface area is 95.6 Å². The second-order valence-corrected chi connectivity index (χ2v) is 4.00. The molecule has 0 saturated carbocycles. The number of para-hydroxylation sites is 1. The quantitative estimate of drug-likeness (QED) is 0.709. The standard InChI is InChI=1S/C13H14N2O/c1-13(16-2)10-11-6-3-4-7-12(11)15(13)9-5-8-14/h3-7,9H,10H2,1-2H3/b9-5+. The lowest BCUT2D eigenvalue weighted by Gasteiger charge is -2.33. The van der Waals surface area contributed by atoms with Crippen LogP contribution < -0.4 is 4.90 Å². The molecule has 0 fully saturated rings. The molecule has 82 valence electrons. The Hall–Kier alpha value is -1.79. The van der Waals surface area contributed by atoms with Gasteiger partial charge in [-0.05, 0) is 18.6 Å². The summed E-state index contributed by atoms with van der Waals surface area (Å²) in [5, 5.41) is 8.61. The molecule has 0 spiro atoms. The topological polar surface area (TPSA) is 36.3 Å². The summed E-state index contributed by atoms with van der Waals surface area (Å²) >= 11 is 0. The van der Waals surface area contributed by atoms with Gasteiger partial charge in [0.05, 0.1) is 6.07 Å². The molecule has 1 atom stereocenters. The highest BCUT2D eigenvalue weighted by Gasteiger charge is 2.38.